The molecule has 0 radical (unpaired) electrons. The van der Waals surface area contributed by atoms with Crippen LogP contribution >= 0.6 is 11.3 Å². The maximum absolute atomic E-state index is 5.83. The molecule has 0 aliphatic heterocycles. The second-order valence-corrected chi connectivity index (χ2v) is 5.38. The summed E-state index contributed by atoms with van der Waals surface area (Å²) < 4.78 is 10.9. The Morgan fingerprint density at radius 2 is 1.82 bits per heavy atom. The maximum Gasteiger partial charge on any atom is 1.00 e. The zero-order chi connectivity index (χ0) is 14.5. The molecule has 3 aromatic rings. The van der Waals surface area contributed by atoms with Gasteiger partial charge in [0.25, 0.3) is 0 Å². The summed E-state index contributed by atoms with van der Waals surface area (Å²) in [6, 6.07) is 21.4. The molecule has 3 rings (SSSR count). The fourth-order valence-corrected chi connectivity index (χ4v) is 3.15. The van der Waals surface area contributed by atoms with E-state index >= 15 is 0 Å². The molecule has 0 aliphatic rings. The topological polar surface area (TPSA) is 18.5 Å². The summed E-state index contributed by atoms with van der Waals surface area (Å²) in [5.41, 5.74) is 3.27. The van der Waals surface area contributed by atoms with Crippen molar-refractivity contribution in [1.82, 2.24) is 0 Å². The largest absolute Gasteiger partial charge is 1.00 e. The van der Waals surface area contributed by atoms with E-state index in [1.54, 1.807) is 18.4 Å². The molecule has 0 amide bonds. The summed E-state index contributed by atoms with van der Waals surface area (Å²) in [6.07, 6.45) is 0. The Bertz CT molecular complexity index is 639. The molecule has 1 aromatic heterocycles. The third-order valence-corrected chi connectivity index (χ3v) is 4.10. The van der Waals surface area contributed by atoms with Crippen molar-refractivity contribution < 1.29 is 28.3 Å². The molecule has 4 heteroatoms. The van der Waals surface area contributed by atoms with Gasteiger partial charge in [0.15, 0.2) is 6.79 Å². The molecular formula is C18H15LiO2S. The normalized spacial score (nSPS) is 10.0. The van der Waals surface area contributed by atoms with E-state index in [4.69, 9.17) is 9.47 Å². The Morgan fingerprint density at radius 1 is 1.05 bits per heavy atom. The average molecular weight is 302 g/mol. The van der Waals surface area contributed by atoms with Crippen molar-refractivity contribution in [2.75, 3.05) is 13.9 Å². The molecule has 0 atom stereocenters. The molecule has 0 unspecified atom stereocenters. The summed E-state index contributed by atoms with van der Waals surface area (Å²) in [4.78, 5) is 1.08. The first-order valence-electron chi connectivity index (χ1n) is 6.66. The molecule has 0 bridgehead atoms. The average Bonchev–Trinajstić information content (AvgIpc) is 2.98. The zero-order valence-corrected chi connectivity index (χ0v) is 13.5. The molecule has 0 aliphatic carbocycles. The van der Waals surface area contributed by atoms with E-state index < -0.39 is 0 Å². The quantitative estimate of drug-likeness (QED) is 0.407. The van der Waals surface area contributed by atoms with Gasteiger partial charge in [0.2, 0.25) is 0 Å². The van der Waals surface area contributed by atoms with Crippen LogP contribution in [-0.4, -0.2) is 13.9 Å². The van der Waals surface area contributed by atoms with Crippen molar-refractivity contribution in [3.05, 3.63) is 66.0 Å². The van der Waals surface area contributed by atoms with E-state index in [1.807, 2.05) is 42.5 Å². The van der Waals surface area contributed by atoms with Gasteiger partial charge in [0, 0.05) is 12.7 Å². The Balaban J connectivity index is 0.00000176. The molecule has 22 heavy (non-hydrogen) atoms. The van der Waals surface area contributed by atoms with Crippen LogP contribution in [0.15, 0.2) is 60.0 Å². The maximum atomic E-state index is 5.83. The SMILES string of the molecule is COCOc1c(-c2ccccc2)csc1-c1[c-]cccc1.[Li+]. The van der Waals surface area contributed by atoms with Crippen LogP contribution in [0, 0.1) is 6.07 Å². The summed E-state index contributed by atoms with van der Waals surface area (Å²) in [6.45, 7) is 0.233. The first-order chi connectivity index (χ1) is 10.4. The predicted molar refractivity (Wildman–Crippen MR) is 86.5 cm³/mol. The van der Waals surface area contributed by atoms with Crippen LogP contribution in [0.3, 0.4) is 0 Å². The van der Waals surface area contributed by atoms with Crippen LogP contribution in [0.1, 0.15) is 0 Å². The first-order valence-corrected chi connectivity index (χ1v) is 7.54. The second kappa shape index (κ2) is 8.21. The smallest absolute Gasteiger partial charge is 0.475 e. The third kappa shape index (κ3) is 3.63. The Labute approximate surface area is 146 Å². The van der Waals surface area contributed by atoms with Gasteiger partial charge in [-0.25, -0.2) is 0 Å². The number of rotatable bonds is 5. The molecule has 0 fully saturated rings. The minimum atomic E-state index is 0. The minimum absolute atomic E-state index is 0. The minimum Gasteiger partial charge on any atom is -0.475 e. The second-order valence-electron chi connectivity index (χ2n) is 4.50. The number of methoxy groups -OCH3 is 1. The van der Waals surface area contributed by atoms with Gasteiger partial charge in [-0.05, 0) is 15.8 Å². The monoisotopic (exact) mass is 302 g/mol. The molecular weight excluding hydrogens is 287 g/mol. The summed E-state index contributed by atoms with van der Waals surface area (Å²) >= 11 is 1.66. The Kier molecular flexibility index (Phi) is 6.30. The van der Waals surface area contributed by atoms with Crippen molar-refractivity contribution >= 4 is 11.3 Å². The molecule has 1 heterocycles. The number of benzene rings is 2. The van der Waals surface area contributed by atoms with E-state index in [9.17, 15) is 0 Å². The molecule has 0 saturated carbocycles. The van der Waals surface area contributed by atoms with Gasteiger partial charge in [-0.2, -0.15) is 11.3 Å². The van der Waals surface area contributed by atoms with Gasteiger partial charge < -0.3 is 9.47 Å². The summed E-state index contributed by atoms with van der Waals surface area (Å²) in [5, 5.41) is 2.12. The Hall–Kier alpha value is -1.50. The molecule has 0 N–H and O–H groups in total. The van der Waals surface area contributed by atoms with Crippen LogP contribution in [-0.2, 0) is 4.74 Å². The molecule has 2 nitrogen and oxygen atoms in total. The van der Waals surface area contributed by atoms with Crippen LogP contribution in [0.25, 0.3) is 21.6 Å². The van der Waals surface area contributed by atoms with Gasteiger partial charge >= 0.3 is 18.9 Å². The molecule has 2 aromatic carbocycles. The number of hydrogen-bond acceptors (Lipinski definition) is 3. The van der Waals surface area contributed by atoms with Crippen LogP contribution in [0.2, 0.25) is 0 Å². The van der Waals surface area contributed by atoms with E-state index in [2.05, 4.69) is 23.6 Å². The first kappa shape index (κ1) is 16.9. The van der Waals surface area contributed by atoms with Crippen molar-refractivity contribution in [2.24, 2.45) is 0 Å². The standard InChI is InChI=1S/C18H15O2S.Li/c1-19-13-20-17-16(14-8-4-2-5-9-14)12-21-18(17)15-10-6-3-7-11-15;/h2-10,12H,13H2,1H3;/q-1;+1. The van der Waals surface area contributed by atoms with Crippen LogP contribution < -0.4 is 23.6 Å². The van der Waals surface area contributed by atoms with E-state index in [-0.39, 0.29) is 25.7 Å². The van der Waals surface area contributed by atoms with Crippen molar-refractivity contribution in [2.45, 2.75) is 0 Å². The van der Waals surface area contributed by atoms with Gasteiger partial charge in [0.1, 0.15) is 5.75 Å². The number of ether oxygens (including phenoxy) is 2. The summed E-state index contributed by atoms with van der Waals surface area (Å²) in [5.74, 6) is 0.857. The van der Waals surface area contributed by atoms with Crippen molar-refractivity contribution in [3.63, 3.8) is 0 Å². The number of hydrogen-bond donors (Lipinski definition) is 0. The zero-order valence-electron chi connectivity index (χ0n) is 12.7. The van der Waals surface area contributed by atoms with E-state index in [0.29, 0.717) is 0 Å². The fourth-order valence-electron chi connectivity index (χ4n) is 2.15. The van der Waals surface area contributed by atoms with Gasteiger partial charge in [0.05, 0.1) is 0 Å². The summed E-state index contributed by atoms with van der Waals surface area (Å²) in [7, 11) is 1.63. The van der Waals surface area contributed by atoms with Crippen LogP contribution in [0.5, 0.6) is 5.75 Å². The van der Waals surface area contributed by atoms with Gasteiger partial charge in [-0.3, -0.25) is 0 Å². The van der Waals surface area contributed by atoms with Gasteiger partial charge in [-0.15, -0.1) is 35.9 Å². The third-order valence-electron chi connectivity index (χ3n) is 3.11. The molecule has 0 saturated heterocycles. The van der Waals surface area contributed by atoms with E-state index in [1.165, 1.54) is 0 Å². The Morgan fingerprint density at radius 3 is 2.50 bits per heavy atom. The van der Waals surface area contributed by atoms with Gasteiger partial charge in [-0.1, -0.05) is 30.3 Å². The van der Waals surface area contributed by atoms with Crippen LogP contribution in [0.4, 0.5) is 0 Å². The van der Waals surface area contributed by atoms with Crippen molar-refractivity contribution in [1.29, 1.82) is 0 Å². The number of thiophene rings is 1. The molecule has 106 valence electrons. The predicted octanol–water partition coefficient (Wildman–Crippen LogP) is 1.87. The molecule has 0 spiro atoms. The van der Waals surface area contributed by atoms with Crippen molar-refractivity contribution in [3.8, 4) is 27.3 Å². The fraction of sp³-hybridized carbons (Fsp3) is 0.111. The van der Waals surface area contributed by atoms with E-state index in [0.717, 1.165) is 27.3 Å².